The Morgan fingerprint density at radius 2 is 1.76 bits per heavy atom. The highest BCUT2D eigenvalue weighted by atomic mass is 16.3. The zero-order valence-corrected chi connectivity index (χ0v) is 13.6. The molecule has 25 heavy (non-hydrogen) atoms. The smallest absolute Gasteiger partial charge is 0.244 e. The van der Waals surface area contributed by atoms with Gasteiger partial charge >= 0.3 is 0 Å². The maximum absolute atomic E-state index is 12.3. The molecule has 7 nitrogen and oxygen atoms in total. The lowest BCUT2D eigenvalue weighted by Gasteiger charge is -2.18. The molecule has 3 rings (SSSR count). The molecule has 0 aliphatic carbocycles. The van der Waals surface area contributed by atoms with Crippen LogP contribution in [0.5, 0.6) is 0 Å². The van der Waals surface area contributed by atoms with Gasteiger partial charge in [0.1, 0.15) is 6.54 Å². The molecule has 0 radical (unpaired) electrons. The van der Waals surface area contributed by atoms with Crippen LogP contribution in [0.1, 0.15) is 18.0 Å². The Bertz CT molecular complexity index is 805. The number of rotatable bonds is 7. The summed E-state index contributed by atoms with van der Waals surface area (Å²) in [7, 11) is 0. The molecule has 3 aromatic rings. The van der Waals surface area contributed by atoms with E-state index in [0.717, 1.165) is 11.1 Å². The van der Waals surface area contributed by atoms with Crippen LogP contribution in [0.25, 0.3) is 11.4 Å². The summed E-state index contributed by atoms with van der Waals surface area (Å²) in [5.74, 6) is 0.239. The fourth-order valence-corrected chi connectivity index (χ4v) is 2.52. The van der Waals surface area contributed by atoms with Gasteiger partial charge in [-0.1, -0.05) is 60.7 Å². The number of carbonyl (C=O) groups is 1. The van der Waals surface area contributed by atoms with E-state index in [-0.39, 0.29) is 25.1 Å². The van der Waals surface area contributed by atoms with Crippen molar-refractivity contribution in [3.05, 3.63) is 66.2 Å². The van der Waals surface area contributed by atoms with Crippen molar-refractivity contribution in [1.82, 2.24) is 25.5 Å². The molecular weight excluding hydrogens is 318 g/mol. The number of aromatic nitrogens is 4. The van der Waals surface area contributed by atoms with E-state index < -0.39 is 0 Å². The van der Waals surface area contributed by atoms with Gasteiger partial charge < -0.3 is 10.4 Å². The molecule has 1 atom stereocenters. The summed E-state index contributed by atoms with van der Waals surface area (Å²) in [5.41, 5.74) is 1.79. The number of nitrogens with zero attached hydrogens (tertiary/aromatic N) is 4. The van der Waals surface area contributed by atoms with E-state index in [1.165, 1.54) is 4.80 Å². The number of aliphatic hydroxyl groups is 1. The van der Waals surface area contributed by atoms with Crippen LogP contribution in [0.2, 0.25) is 0 Å². The predicted molar refractivity (Wildman–Crippen MR) is 92.3 cm³/mol. The molecule has 0 fully saturated rings. The van der Waals surface area contributed by atoms with Crippen molar-refractivity contribution in [2.24, 2.45) is 0 Å². The lowest BCUT2D eigenvalue weighted by molar-refractivity contribution is -0.122. The van der Waals surface area contributed by atoms with Crippen molar-refractivity contribution in [1.29, 1.82) is 0 Å². The summed E-state index contributed by atoms with van der Waals surface area (Å²) in [6.45, 7) is -0.0475. The van der Waals surface area contributed by atoms with Gasteiger partial charge in [0.05, 0.1) is 6.04 Å². The van der Waals surface area contributed by atoms with Gasteiger partial charge in [-0.3, -0.25) is 4.79 Å². The standard InChI is InChI=1S/C18H19N5O2/c24-12-11-16(14-7-3-1-4-8-14)19-17(25)13-23-21-18(20-22-23)15-9-5-2-6-10-15/h1-10,16,24H,11-13H2,(H,19,25). The molecule has 128 valence electrons. The number of hydrogen-bond donors (Lipinski definition) is 2. The zero-order valence-electron chi connectivity index (χ0n) is 13.6. The van der Waals surface area contributed by atoms with E-state index in [1.54, 1.807) is 0 Å². The molecule has 0 spiro atoms. The molecule has 1 aromatic heterocycles. The first-order chi connectivity index (χ1) is 12.3. The molecule has 0 saturated heterocycles. The second-order valence-corrected chi connectivity index (χ2v) is 5.55. The Hall–Kier alpha value is -3.06. The molecule has 7 heteroatoms. The van der Waals surface area contributed by atoms with Gasteiger partial charge in [-0.25, -0.2) is 0 Å². The number of aliphatic hydroxyl groups excluding tert-OH is 1. The summed E-state index contributed by atoms with van der Waals surface area (Å²) in [6, 6.07) is 18.7. The van der Waals surface area contributed by atoms with Crippen LogP contribution in [0, 0.1) is 0 Å². The number of benzene rings is 2. The van der Waals surface area contributed by atoms with E-state index in [1.807, 2.05) is 60.7 Å². The SMILES string of the molecule is O=C(Cn1nnc(-c2ccccc2)n1)NC(CCO)c1ccccc1. The predicted octanol–water partition coefficient (Wildman–Crippen LogP) is 1.58. The molecule has 0 saturated carbocycles. The van der Waals surface area contributed by atoms with Crippen LogP contribution in [0.15, 0.2) is 60.7 Å². The third-order valence-corrected chi connectivity index (χ3v) is 3.72. The molecule has 2 aromatic carbocycles. The number of tetrazole rings is 1. The van der Waals surface area contributed by atoms with Gasteiger partial charge in [-0.05, 0) is 17.2 Å². The van der Waals surface area contributed by atoms with Gasteiger partial charge in [0.2, 0.25) is 11.7 Å². The Morgan fingerprint density at radius 1 is 1.08 bits per heavy atom. The minimum absolute atomic E-state index is 0.0143. The van der Waals surface area contributed by atoms with Crippen LogP contribution < -0.4 is 5.32 Å². The van der Waals surface area contributed by atoms with Crippen molar-refractivity contribution in [3.63, 3.8) is 0 Å². The maximum atomic E-state index is 12.3. The Kier molecular flexibility index (Phi) is 5.48. The minimum Gasteiger partial charge on any atom is -0.396 e. The third-order valence-electron chi connectivity index (χ3n) is 3.72. The van der Waals surface area contributed by atoms with Gasteiger partial charge in [0.25, 0.3) is 0 Å². The molecule has 0 aliphatic rings. The second kappa shape index (κ2) is 8.16. The number of amides is 1. The van der Waals surface area contributed by atoms with Crippen molar-refractivity contribution in [2.45, 2.75) is 19.0 Å². The molecular formula is C18H19N5O2. The third kappa shape index (κ3) is 4.48. The fraction of sp³-hybridized carbons (Fsp3) is 0.222. The van der Waals surface area contributed by atoms with Crippen molar-refractivity contribution >= 4 is 5.91 Å². The summed E-state index contributed by atoms with van der Waals surface area (Å²) in [5, 5.41) is 24.3. The Morgan fingerprint density at radius 3 is 2.44 bits per heavy atom. The van der Waals surface area contributed by atoms with Gasteiger partial charge in [0, 0.05) is 12.2 Å². The monoisotopic (exact) mass is 337 g/mol. The topological polar surface area (TPSA) is 92.9 Å². The first kappa shape index (κ1) is 16.8. The zero-order chi connectivity index (χ0) is 17.5. The summed E-state index contributed by atoms with van der Waals surface area (Å²) >= 11 is 0. The first-order valence-electron chi connectivity index (χ1n) is 8.04. The van der Waals surface area contributed by atoms with Crippen molar-refractivity contribution in [2.75, 3.05) is 6.61 Å². The van der Waals surface area contributed by atoms with Crippen LogP contribution in [0.3, 0.4) is 0 Å². The summed E-state index contributed by atoms with van der Waals surface area (Å²) in [6.07, 6.45) is 0.440. The highest BCUT2D eigenvalue weighted by Gasteiger charge is 2.15. The summed E-state index contributed by atoms with van der Waals surface area (Å²) in [4.78, 5) is 13.6. The van der Waals surface area contributed by atoms with Crippen LogP contribution in [-0.2, 0) is 11.3 Å². The Balaban J connectivity index is 1.65. The van der Waals surface area contributed by atoms with E-state index in [2.05, 4.69) is 20.7 Å². The van der Waals surface area contributed by atoms with E-state index in [0.29, 0.717) is 12.2 Å². The first-order valence-corrected chi connectivity index (χ1v) is 8.04. The molecule has 2 N–H and O–H groups in total. The van der Waals surface area contributed by atoms with Crippen LogP contribution >= 0.6 is 0 Å². The van der Waals surface area contributed by atoms with Gasteiger partial charge in [-0.15, -0.1) is 10.2 Å². The summed E-state index contributed by atoms with van der Waals surface area (Å²) < 4.78 is 0. The second-order valence-electron chi connectivity index (χ2n) is 5.55. The quantitative estimate of drug-likeness (QED) is 0.683. The number of hydrogen-bond acceptors (Lipinski definition) is 5. The fourth-order valence-electron chi connectivity index (χ4n) is 2.52. The lowest BCUT2D eigenvalue weighted by Crippen LogP contribution is -2.32. The molecule has 1 amide bonds. The van der Waals surface area contributed by atoms with Crippen molar-refractivity contribution < 1.29 is 9.90 Å². The highest BCUT2D eigenvalue weighted by Crippen LogP contribution is 2.16. The highest BCUT2D eigenvalue weighted by molar-refractivity contribution is 5.76. The van der Waals surface area contributed by atoms with Gasteiger partial charge in [-0.2, -0.15) is 4.80 Å². The number of nitrogens with one attached hydrogen (secondary N) is 1. The molecule has 0 bridgehead atoms. The lowest BCUT2D eigenvalue weighted by atomic mass is 10.0. The van der Waals surface area contributed by atoms with Gasteiger partial charge in [0.15, 0.2) is 0 Å². The number of carbonyl (C=O) groups excluding carboxylic acids is 1. The van der Waals surface area contributed by atoms with Crippen LogP contribution in [0.4, 0.5) is 0 Å². The van der Waals surface area contributed by atoms with Crippen LogP contribution in [-0.4, -0.2) is 37.8 Å². The normalized spacial score (nSPS) is 11.9. The molecule has 1 unspecified atom stereocenters. The average Bonchev–Trinajstić information content (AvgIpc) is 3.11. The average molecular weight is 337 g/mol. The largest absolute Gasteiger partial charge is 0.396 e. The molecule has 0 aliphatic heterocycles. The van der Waals surface area contributed by atoms with E-state index in [4.69, 9.17) is 0 Å². The van der Waals surface area contributed by atoms with E-state index >= 15 is 0 Å². The van der Waals surface area contributed by atoms with E-state index in [9.17, 15) is 9.90 Å². The van der Waals surface area contributed by atoms with Crippen molar-refractivity contribution in [3.8, 4) is 11.4 Å². The minimum atomic E-state index is -0.254. The molecule has 1 heterocycles. The maximum Gasteiger partial charge on any atom is 0.244 e. The Labute approximate surface area is 145 Å².